The first-order chi connectivity index (χ1) is 14.5. The van der Waals surface area contributed by atoms with Crippen molar-refractivity contribution < 1.29 is 18.7 Å². The maximum Gasteiger partial charge on any atom is 0.328 e. The Morgan fingerprint density at radius 3 is 2.83 bits per heavy atom. The predicted octanol–water partition coefficient (Wildman–Crippen LogP) is 3.28. The van der Waals surface area contributed by atoms with Crippen molar-refractivity contribution in [3.05, 3.63) is 30.2 Å². The summed E-state index contributed by atoms with van der Waals surface area (Å²) in [5, 5.41) is 12.2. The Kier molecular flexibility index (Phi) is 4.55. The molecule has 3 aliphatic rings. The highest BCUT2D eigenvalue weighted by atomic mass is 19.1. The summed E-state index contributed by atoms with van der Waals surface area (Å²) in [7, 11) is 0. The molecule has 3 saturated heterocycles. The Hall–Kier alpha value is -2.86. The van der Waals surface area contributed by atoms with Crippen molar-refractivity contribution in [3.8, 4) is 5.97 Å². The summed E-state index contributed by atoms with van der Waals surface area (Å²) < 4.78 is 23.2. The molecule has 1 atom stereocenters. The molecule has 3 aliphatic heterocycles. The highest BCUT2D eigenvalue weighted by molar-refractivity contribution is 6.67. The first-order valence-corrected chi connectivity index (χ1v) is 10.4. The molecular formula is C21H22BFN4O3. The second-order valence-corrected chi connectivity index (χ2v) is 8.60. The molecule has 0 unspecified atom stereocenters. The van der Waals surface area contributed by atoms with E-state index in [9.17, 15) is 14.0 Å². The number of amides is 3. The zero-order valence-electron chi connectivity index (χ0n) is 16.6. The minimum absolute atomic E-state index is 0.113. The zero-order valence-corrected chi connectivity index (χ0v) is 16.6. The van der Waals surface area contributed by atoms with Crippen molar-refractivity contribution in [2.24, 2.45) is 0 Å². The van der Waals surface area contributed by atoms with Crippen LogP contribution < -0.4 is 10.2 Å². The maximum absolute atomic E-state index is 15.0. The van der Waals surface area contributed by atoms with Gasteiger partial charge in [-0.3, -0.25) is 15.0 Å². The van der Waals surface area contributed by atoms with Gasteiger partial charge in [-0.25, -0.2) is 14.4 Å². The van der Waals surface area contributed by atoms with Crippen LogP contribution in [0.3, 0.4) is 0 Å². The van der Waals surface area contributed by atoms with Gasteiger partial charge in [-0.2, -0.15) is 0 Å². The molecule has 154 valence electrons. The third-order valence-corrected chi connectivity index (χ3v) is 6.80. The van der Waals surface area contributed by atoms with E-state index < -0.39 is 11.8 Å². The molecule has 1 N–H and O–H groups in total. The number of nitrogens with one attached hydrogen (secondary N) is 1. The van der Waals surface area contributed by atoms with E-state index in [2.05, 4.69) is 15.9 Å². The van der Waals surface area contributed by atoms with Crippen molar-refractivity contribution in [3.63, 3.8) is 0 Å². The first-order valence-electron chi connectivity index (χ1n) is 10.4. The molecule has 0 bridgehead atoms. The quantitative estimate of drug-likeness (QED) is 0.773. The highest BCUT2D eigenvalue weighted by Gasteiger charge is 2.44. The number of halogens is 1. The first kappa shape index (κ1) is 19.1. The number of fused-ring (bicyclic) bond motifs is 1. The molecule has 1 aromatic heterocycles. The van der Waals surface area contributed by atoms with Gasteiger partial charge in [-0.1, -0.05) is 12.6 Å². The minimum Gasteiger partial charge on any atom is -0.373 e. The number of hydrogen-bond donors (Lipinski definition) is 1. The van der Waals surface area contributed by atoms with Crippen LogP contribution in [0.5, 0.6) is 0 Å². The van der Waals surface area contributed by atoms with E-state index in [1.54, 1.807) is 6.07 Å². The number of hydrogen-bond acceptors (Lipinski definition) is 4. The van der Waals surface area contributed by atoms with Crippen LogP contribution in [0.15, 0.2) is 24.4 Å². The predicted molar refractivity (Wildman–Crippen MR) is 110 cm³/mol. The number of nitriles is 1. The average Bonchev–Trinajstić information content (AvgIpc) is 3.32. The normalized spacial score (nSPS) is 23.8. The monoisotopic (exact) mass is 408 g/mol. The van der Waals surface area contributed by atoms with Crippen LogP contribution in [0.2, 0.25) is 12.6 Å². The van der Waals surface area contributed by atoms with Gasteiger partial charge in [0.15, 0.2) is 0 Å². The molecule has 4 heterocycles. The molecular weight excluding hydrogens is 386 g/mol. The van der Waals surface area contributed by atoms with Gasteiger partial charge in [-0.15, -0.1) is 0 Å². The molecule has 0 radical (unpaired) electrons. The van der Waals surface area contributed by atoms with Crippen LogP contribution in [0.4, 0.5) is 14.9 Å². The third-order valence-electron chi connectivity index (χ3n) is 6.80. The lowest BCUT2D eigenvalue weighted by Crippen LogP contribution is -2.49. The Bertz CT molecular complexity index is 1070. The Balaban J connectivity index is 1.40. The van der Waals surface area contributed by atoms with E-state index in [-0.39, 0.29) is 42.9 Å². The van der Waals surface area contributed by atoms with E-state index in [1.165, 1.54) is 11.0 Å². The van der Waals surface area contributed by atoms with Crippen LogP contribution in [0.1, 0.15) is 31.7 Å². The second-order valence-electron chi connectivity index (χ2n) is 8.60. The summed E-state index contributed by atoms with van der Waals surface area (Å²) >= 11 is 0. The van der Waals surface area contributed by atoms with E-state index in [0.717, 1.165) is 42.8 Å². The molecule has 1 aromatic carbocycles. The number of imide groups is 1. The molecule has 0 aliphatic carbocycles. The number of nitrogens with zero attached hydrogens (tertiary/aromatic N) is 3. The van der Waals surface area contributed by atoms with Crippen molar-refractivity contribution in [2.45, 2.75) is 50.0 Å². The molecule has 1 spiro atoms. The summed E-state index contributed by atoms with van der Waals surface area (Å²) in [6, 6.07) is 4.57. The molecule has 5 rings (SSSR count). The lowest BCUT2D eigenvalue weighted by molar-refractivity contribution is -0.120. The fourth-order valence-corrected chi connectivity index (χ4v) is 5.11. The number of rotatable bonds is 2. The van der Waals surface area contributed by atoms with Crippen LogP contribution in [0.25, 0.3) is 10.9 Å². The number of carbonyl (C=O) groups excluding carboxylic acids is 2. The molecule has 3 fully saturated rings. The molecule has 3 amide bonds. The van der Waals surface area contributed by atoms with Crippen molar-refractivity contribution in [1.29, 1.82) is 5.26 Å². The van der Waals surface area contributed by atoms with Crippen molar-refractivity contribution in [2.75, 3.05) is 18.1 Å². The summed E-state index contributed by atoms with van der Waals surface area (Å²) in [5.41, 5.74) is 0.770. The van der Waals surface area contributed by atoms with Crippen molar-refractivity contribution >= 4 is 35.2 Å². The van der Waals surface area contributed by atoms with E-state index >= 15 is 0 Å². The largest absolute Gasteiger partial charge is 0.373 e. The van der Waals surface area contributed by atoms with Crippen LogP contribution in [0, 0.1) is 17.0 Å². The van der Waals surface area contributed by atoms with E-state index in [4.69, 9.17) is 10.00 Å². The fourth-order valence-electron chi connectivity index (χ4n) is 5.11. The summed E-state index contributed by atoms with van der Waals surface area (Å²) in [6.45, 7) is 0.859. The van der Waals surface area contributed by atoms with Gasteiger partial charge in [0, 0.05) is 36.6 Å². The van der Waals surface area contributed by atoms with Crippen LogP contribution in [-0.2, 0) is 9.53 Å². The van der Waals surface area contributed by atoms with Crippen molar-refractivity contribution in [1.82, 2.24) is 9.88 Å². The Labute approximate surface area is 173 Å². The average molecular weight is 408 g/mol. The van der Waals surface area contributed by atoms with E-state index in [0.29, 0.717) is 6.61 Å². The standard InChI is InChI=1S/C21H22BFN4O3/c23-16-10-17-14(9-18(16)27-8-2-19(28)25-20(27)29)1-7-26(17)15-11-21(30-12-15)3-5-22(13-24)6-4-21/h1,7,9-10,15H,2-6,8,11-12H2,(H,25,28,29)/t15-/m0/s1. The second kappa shape index (κ2) is 7.13. The van der Waals surface area contributed by atoms with Gasteiger partial charge in [0.2, 0.25) is 5.91 Å². The molecule has 0 saturated carbocycles. The Morgan fingerprint density at radius 2 is 2.10 bits per heavy atom. The smallest absolute Gasteiger partial charge is 0.328 e. The van der Waals surface area contributed by atoms with Gasteiger partial charge in [0.1, 0.15) is 5.82 Å². The minimum atomic E-state index is -0.594. The SMILES string of the molecule is N#CB1CCC2(CC1)C[C@H](n1ccc3cc(N4CCC(=O)NC4=O)c(F)cc31)CO2. The summed E-state index contributed by atoms with van der Waals surface area (Å²) in [6.07, 6.45) is 6.47. The number of anilines is 1. The lowest BCUT2D eigenvalue weighted by atomic mass is 9.41. The van der Waals surface area contributed by atoms with Gasteiger partial charge in [0.25, 0.3) is 6.71 Å². The molecule has 7 nitrogen and oxygen atoms in total. The zero-order chi connectivity index (χ0) is 20.9. The number of carbonyl (C=O) groups is 2. The maximum atomic E-state index is 15.0. The van der Waals surface area contributed by atoms with Crippen LogP contribution in [-0.4, -0.2) is 42.0 Å². The summed E-state index contributed by atoms with van der Waals surface area (Å²) in [4.78, 5) is 24.8. The Morgan fingerprint density at radius 1 is 1.30 bits per heavy atom. The molecule has 9 heteroatoms. The number of aromatic nitrogens is 1. The number of urea groups is 1. The number of benzene rings is 1. The number of ether oxygens (including phenoxy) is 1. The topological polar surface area (TPSA) is 87.4 Å². The van der Waals surface area contributed by atoms with Crippen LogP contribution >= 0.6 is 0 Å². The lowest BCUT2D eigenvalue weighted by Gasteiger charge is -2.33. The van der Waals surface area contributed by atoms with Gasteiger partial charge in [0.05, 0.1) is 29.5 Å². The van der Waals surface area contributed by atoms with E-state index in [1.807, 2.05) is 12.3 Å². The molecule has 2 aromatic rings. The van der Waals surface area contributed by atoms with Gasteiger partial charge < -0.3 is 9.30 Å². The molecule has 30 heavy (non-hydrogen) atoms. The van der Waals surface area contributed by atoms with Gasteiger partial charge in [-0.05, 0) is 31.4 Å². The fraction of sp³-hybridized carbons (Fsp3) is 0.476. The third kappa shape index (κ3) is 3.16. The summed E-state index contributed by atoms with van der Waals surface area (Å²) in [5.74, 6) is 1.53. The van der Waals surface area contributed by atoms with Gasteiger partial charge >= 0.3 is 6.03 Å². The highest BCUT2D eigenvalue weighted by Crippen LogP contribution is 2.44.